The van der Waals surface area contributed by atoms with Crippen molar-refractivity contribution in [3.8, 4) is 5.75 Å². The lowest BCUT2D eigenvalue weighted by molar-refractivity contribution is 0.200. The molecule has 0 radical (unpaired) electrons. The quantitative estimate of drug-likeness (QED) is 0.923. The summed E-state index contributed by atoms with van der Waals surface area (Å²) in [6.07, 6.45) is 2.06. The summed E-state index contributed by atoms with van der Waals surface area (Å²) in [7, 11) is 0. The van der Waals surface area contributed by atoms with Crippen LogP contribution < -0.4 is 10.5 Å². The first-order chi connectivity index (χ1) is 9.78. The lowest BCUT2D eigenvalue weighted by atomic mass is 9.87. The highest BCUT2D eigenvalue weighted by Gasteiger charge is 2.25. The number of ether oxygens (including phenoxy) is 1. The summed E-state index contributed by atoms with van der Waals surface area (Å²) in [5.74, 6) is 1.36. The van der Waals surface area contributed by atoms with Gasteiger partial charge in [0.15, 0.2) is 0 Å². The molecule has 104 valence electrons. The first kappa shape index (κ1) is 13.2. The molecule has 1 heterocycles. The summed E-state index contributed by atoms with van der Waals surface area (Å²) >= 11 is 0. The van der Waals surface area contributed by atoms with E-state index in [1.54, 1.807) is 0 Å². The highest BCUT2D eigenvalue weighted by atomic mass is 16.5. The van der Waals surface area contributed by atoms with Crippen LogP contribution in [0.4, 0.5) is 0 Å². The highest BCUT2D eigenvalue weighted by Crippen LogP contribution is 2.32. The van der Waals surface area contributed by atoms with E-state index in [2.05, 4.69) is 43.3 Å². The van der Waals surface area contributed by atoms with Gasteiger partial charge in [0.1, 0.15) is 5.75 Å². The summed E-state index contributed by atoms with van der Waals surface area (Å²) in [5.41, 5.74) is 10.3. The zero-order valence-electron chi connectivity index (χ0n) is 11.9. The molecule has 0 spiro atoms. The zero-order chi connectivity index (χ0) is 13.9. The average molecular weight is 267 g/mol. The Morgan fingerprint density at radius 1 is 1.15 bits per heavy atom. The van der Waals surface area contributed by atoms with Crippen LogP contribution in [-0.2, 0) is 12.8 Å². The lowest BCUT2D eigenvalue weighted by Crippen LogP contribution is -2.31. The van der Waals surface area contributed by atoms with E-state index >= 15 is 0 Å². The first-order valence-electron chi connectivity index (χ1n) is 7.33. The molecule has 0 aromatic heterocycles. The number of aryl methyl sites for hydroxylation is 1. The van der Waals surface area contributed by atoms with Crippen LogP contribution in [0.3, 0.4) is 0 Å². The first-order valence-corrected chi connectivity index (χ1v) is 7.33. The Hall–Kier alpha value is -1.80. The topological polar surface area (TPSA) is 35.2 Å². The molecule has 2 heteroatoms. The fourth-order valence-corrected chi connectivity index (χ4v) is 2.83. The molecule has 3 rings (SSSR count). The Labute approximate surface area is 120 Å². The molecule has 1 aliphatic heterocycles. The summed E-state index contributed by atoms with van der Waals surface area (Å²) < 4.78 is 5.84. The Kier molecular flexibility index (Phi) is 3.75. The van der Waals surface area contributed by atoms with Crippen LogP contribution in [-0.4, -0.2) is 6.61 Å². The van der Waals surface area contributed by atoms with Gasteiger partial charge in [-0.2, -0.15) is 0 Å². The molecule has 0 aliphatic carbocycles. The van der Waals surface area contributed by atoms with E-state index in [9.17, 15) is 0 Å². The van der Waals surface area contributed by atoms with Gasteiger partial charge in [-0.05, 0) is 35.6 Å². The summed E-state index contributed by atoms with van der Waals surface area (Å²) in [6.45, 7) is 2.87. The highest BCUT2D eigenvalue weighted by molar-refractivity contribution is 5.36. The van der Waals surface area contributed by atoms with E-state index in [1.807, 2.05) is 12.1 Å². The van der Waals surface area contributed by atoms with Crippen LogP contribution in [0, 0.1) is 5.92 Å². The molecule has 0 bridgehead atoms. The third-order valence-corrected chi connectivity index (χ3v) is 4.19. The van der Waals surface area contributed by atoms with Gasteiger partial charge >= 0.3 is 0 Å². The second-order valence-corrected chi connectivity index (χ2v) is 5.50. The van der Waals surface area contributed by atoms with Gasteiger partial charge in [0.2, 0.25) is 0 Å². The third-order valence-electron chi connectivity index (χ3n) is 4.19. The Balaban J connectivity index is 1.76. The minimum Gasteiger partial charge on any atom is -0.493 e. The lowest BCUT2D eigenvalue weighted by Gasteiger charge is -2.29. The minimum atomic E-state index is 0.0364. The molecule has 2 unspecified atom stereocenters. The second kappa shape index (κ2) is 5.68. The maximum absolute atomic E-state index is 6.44. The van der Waals surface area contributed by atoms with Gasteiger partial charge in [0.05, 0.1) is 6.61 Å². The predicted molar refractivity (Wildman–Crippen MR) is 81.9 cm³/mol. The van der Waals surface area contributed by atoms with Crippen molar-refractivity contribution in [1.82, 2.24) is 0 Å². The van der Waals surface area contributed by atoms with Crippen molar-refractivity contribution < 1.29 is 4.74 Å². The van der Waals surface area contributed by atoms with Crippen molar-refractivity contribution in [3.63, 3.8) is 0 Å². The van der Waals surface area contributed by atoms with Crippen molar-refractivity contribution in [3.05, 3.63) is 65.2 Å². The molecule has 0 fully saturated rings. The molecule has 2 aromatic carbocycles. The largest absolute Gasteiger partial charge is 0.493 e. The average Bonchev–Trinajstić information content (AvgIpc) is 2.54. The SMILES string of the molecule is CCc1ccc(C(N)C2COc3ccccc3C2)cc1. The van der Waals surface area contributed by atoms with Crippen LogP contribution >= 0.6 is 0 Å². The number of hydrogen-bond acceptors (Lipinski definition) is 2. The van der Waals surface area contributed by atoms with Crippen LogP contribution in [0.1, 0.15) is 29.7 Å². The van der Waals surface area contributed by atoms with Gasteiger partial charge in [0, 0.05) is 12.0 Å². The molecular weight excluding hydrogens is 246 g/mol. The number of para-hydroxylation sites is 1. The minimum absolute atomic E-state index is 0.0364. The number of fused-ring (bicyclic) bond motifs is 1. The van der Waals surface area contributed by atoms with E-state index in [0.717, 1.165) is 18.6 Å². The van der Waals surface area contributed by atoms with Crippen molar-refractivity contribution >= 4 is 0 Å². The maximum Gasteiger partial charge on any atom is 0.122 e. The molecule has 1 aliphatic rings. The molecule has 2 atom stereocenters. The number of hydrogen-bond donors (Lipinski definition) is 1. The standard InChI is InChI=1S/C18H21NO/c1-2-13-7-9-14(10-8-13)18(19)16-11-15-5-3-4-6-17(15)20-12-16/h3-10,16,18H,2,11-12,19H2,1H3. The molecule has 2 N–H and O–H groups in total. The summed E-state index contributed by atoms with van der Waals surface area (Å²) in [6, 6.07) is 16.9. The third kappa shape index (κ3) is 2.56. The molecule has 2 nitrogen and oxygen atoms in total. The number of nitrogens with two attached hydrogens (primary N) is 1. The number of benzene rings is 2. The van der Waals surface area contributed by atoms with Crippen LogP contribution in [0.5, 0.6) is 5.75 Å². The van der Waals surface area contributed by atoms with E-state index in [4.69, 9.17) is 10.5 Å². The smallest absolute Gasteiger partial charge is 0.122 e. The van der Waals surface area contributed by atoms with E-state index in [1.165, 1.54) is 16.7 Å². The van der Waals surface area contributed by atoms with Crippen LogP contribution in [0.25, 0.3) is 0 Å². The van der Waals surface area contributed by atoms with Gasteiger partial charge in [-0.25, -0.2) is 0 Å². The summed E-state index contributed by atoms with van der Waals surface area (Å²) in [4.78, 5) is 0. The van der Waals surface area contributed by atoms with Crippen molar-refractivity contribution in [2.75, 3.05) is 6.61 Å². The predicted octanol–water partition coefficient (Wildman–Crippen LogP) is 3.50. The molecule has 0 saturated carbocycles. The maximum atomic E-state index is 6.44. The summed E-state index contributed by atoms with van der Waals surface area (Å²) in [5, 5.41) is 0. The van der Waals surface area contributed by atoms with E-state index in [0.29, 0.717) is 12.5 Å². The van der Waals surface area contributed by atoms with Crippen molar-refractivity contribution in [2.45, 2.75) is 25.8 Å². The molecule has 0 amide bonds. The molecule has 20 heavy (non-hydrogen) atoms. The monoisotopic (exact) mass is 267 g/mol. The van der Waals surface area contributed by atoms with Gasteiger partial charge < -0.3 is 10.5 Å². The Morgan fingerprint density at radius 3 is 2.65 bits per heavy atom. The van der Waals surface area contributed by atoms with Gasteiger partial charge in [-0.3, -0.25) is 0 Å². The second-order valence-electron chi connectivity index (χ2n) is 5.50. The molecule has 2 aromatic rings. The van der Waals surface area contributed by atoms with Crippen LogP contribution in [0.2, 0.25) is 0 Å². The van der Waals surface area contributed by atoms with Crippen molar-refractivity contribution in [2.24, 2.45) is 11.7 Å². The molecule has 0 saturated heterocycles. The van der Waals surface area contributed by atoms with Gasteiger partial charge in [-0.15, -0.1) is 0 Å². The van der Waals surface area contributed by atoms with E-state index in [-0.39, 0.29) is 6.04 Å². The van der Waals surface area contributed by atoms with Crippen LogP contribution in [0.15, 0.2) is 48.5 Å². The fourth-order valence-electron chi connectivity index (χ4n) is 2.83. The molecular formula is C18H21NO. The van der Waals surface area contributed by atoms with Gasteiger partial charge in [-0.1, -0.05) is 49.4 Å². The van der Waals surface area contributed by atoms with Gasteiger partial charge in [0.25, 0.3) is 0 Å². The Morgan fingerprint density at radius 2 is 1.90 bits per heavy atom. The Bertz CT molecular complexity index is 576. The zero-order valence-corrected chi connectivity index (χ0v) is 11.9. The van der Waals surface area contributed by atoms with Crippen molar-refractivity contribution in [1.29, 1.82) is 0 Å². The number of rotatable bonds is 3. The normalized spacial score (nSPS) is 19.0. The fraction of sp³-hybridized carbons (Fsp3) is 0.333. The van der Waals surface area contributed by atoms with E-state index < -0.39 is 0 Å².